The van der Waals surface area contributed by atoms with E-state index in [0.717, 1.165) is 0 Å². The number of carbonyl (C=O) groups is 1. The molecule has 1 aromatic rings. The summed E-state index contributed by atoms with van der Waals surface area (Å²) >= 11 is 0. The molecule has 0 spiro atoms. The number of aliphatic hydroxyl groups excluding tert-OH is 1. The van der Waals surface area contributed by atoms with E-state index in [-0.39, 0.29) is 24.1 Å². The van der Waals surface area contributed by atoms with E-state index in [1.165, 1.54) is 12.1 Å². The summed E-state index contributed by atoms with van der Waals surface area (Å²) in [6.07, 6.45) is 0.428. The molecule has 1 amide bonds. The molecule has 0 saturated carbocycles. The lowest BCUT2D eigenvalue weighted by Gasteiger charge is -2.12. The van der Waals surface area contributed by atoms with E-state index in [1.807, 2.05) is 0 Å². The van der Waals surface area contributed by atoms with Crippen molar-refractivity contribution >= 4 is 15.9 Å². The smallest absolute Gasteiger partial charge is 0.241 e. The molecule has 0 saturated heterocycles. The molecular weight excluding hydrogens is 268 g/mol. The summed E-state index contributed by atoms with van der Waals surface area (Å²) < 4.78 is 25.9. The Labute approximate surface area is 112 Å². The Hall–Kier alpha value is -1.44. The van der Waals surface area contributed by atoms with E-state index >= 15 is 0 Å². The monoisotopic (exact) mass is 286 g/mol. The summed E-state index contributed by atoms with van der Waals surface area (Å²) in [6.45, 7) is 1.38. The van der Waals surface area contributed by atoms with Gasteiger partial charge in [-0.2, -0.15) is 0 Å². The minimum absolute atomic E-state index is 0.0306. The van der Waals surface area contributed by atoms with Crippen LogP contribution in [0.25, 0.3) is 0 Å². The average molecular weight is 286 g/mol. The van der Waals surface area contributed by atoms with Crippen molar-refractivity contribution < 1.29 is 18.3 Å². The van der Waals surface area contributed by atoms with Crippen molar-refractivity contribution in [2.45, 2.75) is 24.3 Å². The van der Waals surface area contributed by atoms with Crippen LogP contribution in [0.4, 0.5) is 0 Å². The topological polar surface area (TPSA) is 95.5 Å². The van der Waals surface area contributed by atoms with Gasteiger partial charge in [-0.25, -0.2) is 13.1 Å². The number of carbonyl (C=O) groups excluding carboxylic acids is 1. The molecule has 0 radical (unpaired) electrons. The number of hydrogen-bond acceptors (Lipinski definition) is 4. The number of aliphatic hydroxyl groups is 1. The van der Waals surface area contributed by atoms with E-state index in [2.05, 4.69) is 10.0 Å². The molecule has 1 aromatic carbocycles. The molecular formula is C12H18N2O4S. The molecule has 1 unspecified atom stereocenters. The second-order valence-electron chi connectivity index (χ2n) is 4.12. The van der Waals surface area contributed by atoms with Crippen molar-refractivity contribution in [3.05, 3.63) is 30.3 Å². The lowest BCUT2D eigenvalue weighted by atomic mass is 10.2. The van der Waals surface area contributed by atoms with Crippen LogP contribution in [0.1, 0.15) is 13.3 Å². The maximum atomic E-state index is 11.8. The van der Waals surface area contributed by atoms with Crippen LogP contribution >= 0.6 is 0 Å². The quantitative estimate of drug-likeness (QED) is 0.649. The van der Waals surface area contributed by atoms with Gasteiger partial charge in [0.1, 0.15) is 0 Å². The van der Waals surface area contributed by atoms with Crippen LogP contribution < -0.4 is 10.0 Å². The summed E-state index contributed by atoms with van der Waals surface area (Å²) in [5.41, 5.74) is 0. The van der Waals surface area contributed by atoms with Crippen molar-refractivity contribution in [3.8, 4) is 0 Å². The molecule has 0 fully saturated rings. The fourth-order valence-electron chi connectivity index (χ4n) is 1.44. The third-order valence-corrected chi connectivity index (χ3v) is 3.86. The molecule has 0 aliphatic heterocycles. The molecule has 0 aliphatic rings. The van der Waals surface area contributed by atoms with E-state index < -0.39 is 15.9 Å². The fraction of sp³-hybridized carbons (Fsp3) is 0.417. The van der Waals surface area contributed by atoms with Crippen LogP contribution in [0.2, 0.25) is 0 Å². The van der Waals surface area contributed by atoms with Crippen LogP contribution in [0.15, 0.2) is 35.2 Å². The largest absolute Gasteiger partial charge is 0.396 e. The maximum Gasteiger partial charge on any atom is 0.241 e. The Morgan fingerprint density at radius 2 is 1.95 bits per heavy atom. The van der Waals surface area contributed by atoms with E-state index in [9.17, 15) is 13.2 Å². The Morgan fingerprint density at radius 3 is 2.53 bits per heavy atom. The zero-order valence-corrected chi connectivity index (χ0v) is 11.5. The molecule has 6 nitrogen and oxygen atoms in total. The average Bonchev–Trinajstić information content (AvgIpc) is 2.38. The first kappa shape index (κ1) is 15.6. The summed E-state index contributed by atoms with van der Waals surface area (Å²) in [4.78, 5) is 11.6. The summed E-state index contributed by atoms with van der Waals surface area (Å²) in [7, 11) is -3.66. The molecule has 19 heavy (non-hydrogen) atoms. The number of sulfonamides is 1. The van der Waals surface area contributed by atoms with E-state index in [0.29, 0.717) is 6.42 Å². The van der Waals surface area contributed by atoms with Crippen molar-refractivity contribution in [2.24, 2.45) is 0 Å². The zero-order chi connectivity index (χ0) is 14.3. The molecule has 0 heterocycles. The zero-order valence-electron chi connectivity index (χ0n) is 10.7. The maximum absolute atomic E-state index is 11.8. The van der Waals surface area contributed by atoms with Gasteiger partial charge in [0.25, 0.3) is 0 Å². The van der Waals surface area contributed by atoms with Crippen molar-refractivity contribution in [2.75, 3.05) is 13.2 Å². The first-order valence-corrected chi connectivity index (χ1v) is 7.39. The van der Waals surface area contributed by atoms with Gasteiger partial charge in [-0.3, -0.25) is 4.79 Å². The highest BCUT2D eigenvalue weighted by atomic mass is 32.2. The van der Waals surface area contributed by atoms with Crippen LogP contribution in [0, 0.1) is 0 Å². The Bertz CT molecular complexity index is 502. The number of benzene rings is 1. The number of amides is 1. The summed E-state index contributed by atoms with van der Waals surface area (Å²) in [5, 5.41) is 11.3. The number of rotatable bonds is 7. The molecule has 1 rings (SSSR count). The molecule has 106 valence electrons. The van der Waals surface area contributed by atoms with Gasteiger partial charge in [-0.15, -0.1) is 0 Å². The Kier molecular flexibility index (Phi) is 5.94. The first-order valence-electron chi connectivity index (χ1n) is 5.90. The highest BCUT2D eigenvalue weighted by Crippen LogP contribution is 2.06. The second kappa shape index (κ2) is 7.22. The van der Waals surface area contributed by atoms with Crippen molar-refractivity contribution in [3.63, 3.8) is 0 Å². The van der Waals surface area contributed by atoms with Gasteiger partial charge in [0.15, 0.2) is 0 Å². The molecule has 7 heteroatoms. The summed E-state index contributed by atoms with van der Waals surface area (Å²) in [5.74, 6) is -0.430. The van der Waals surface area contributed by atoms with Gasteiger partial charge in [-0.1, -0.05) is 18.2 Å². The SMILES string of the molecule is CC(CCO)NC(=O)CNS(=O)(=O)c1ccccc1. The minimum atomic E-state index is -3.66. The molecule has 1 atom stereocenters. The minimum Gasteiger partial charge on any atom is -0.396 e. The van der Waals surface area contributed by atoms with Crippen LogP contribution in [-0.4, -0.2) is 38.6 Å². The van der Waals surface area contributed by atoms with E-state index in [4.69, 9.17) is 5.11 Å². The molecule has 0 bridgehead atoms. The van der Waals surface area contributed by atoms with Gasteiger partial charge in [0.05, 0.1) is 11.4 Å². The lowest BCUT2D eigenvalue weighted by Crippen LogP contribution is -2.41. The van der Waals surface area contributed by atoms with Crippen LogP contribution in [0.5, 0.6) is 0 Å². The standard InChI is InChI=1S/C12H18N2O4S/c1-10(7-8-15)14-12(16)9-13-19(17,18)11-5-3-2-4-6-11/h2-6,10,13,15H,7-9H2,1H3,(H,14,16). The highest BCUT2D eigenvalue weighted by molar-refractivity contribution is 7.89. The van der Waals surface area contributed by atoms with Crippen LogP contribution in [-0.2, 0) is 14.8 Å². The van der Waals surface area contributed by atoms with Gasteiger partial charge in [-0.05, 0) is 25.5 Å². The number of hydrogen-bond donors (Lipinski definition) is 3. The summed E-state index contributed by atoms with van der Waals surface area (Å²) in [6, 6.07) is 7.64. The Balaban J connectivity index is 2.50. The predicted molar refractivity (Wildman–Crippen MR) is 70.9 cm³/mol. The van der Waals surface area contributed by atoms with Crippen molar-refractivity contribution in [1.29, 1.82) is 0 Å². The fourth-order valence-corrected chi connectivity index (χ4v) is 2.44. The first-order chi connectivity index (χ1) is 8.95. The van der Waals surface area contributed by atoms with Gasteiger partial charge >= 0.3 is 0 Å². The van der Waals surface area contributed by atoms with Crippen LogP contribution in [0.3, 0.4) is 0 Å². The van der Waals surface area contributed by atoms with Gasteiger partial charge < -0.3 is 10.4 Å². The highest BCUT2D eigenvalue weighted by Gasteiger charge is 2.15. The molecule has 3 N–H and O–H groups in total. The van der Waals surface area contributed by atoms with Gasteiger partial charge in [0, 0.05) is 12.6 Å². The lowest BCUT2D eigenvalue weighted by molar-refractivity contribution is -0.120. The second-order valence-corrected chi connectivity index (χ2v) is 5.89. The van der Waals surface area contributed by atoms with Crippen molar-refractivity contribution in [1.82, 2.24) is 10.0 Å². The van der Waals surface area contributed by atoms with Gasteiger partial charge in [0.2, 0.25) is 15.9 Å². The third-order valence-electron chi connectivity index (χ3n) is 2.45. The third kappa shape index (κ3) is 5.37. The predicted octanol–water partition coefficient (Wildman–Crippen LogP) is -0.148. The number of nitrogens with one attached hydrogen (secondary N) is 2. The van der Waals surface area contributed by atoms with E-state index in [1.54, 1.807) is 25.1 Å². The molecule has 0 aromatic heterocycles. The Morgan fingerprint density at radius 1 is 1.32 bits per heavy atom. The molecule has 0 aliphatic carbocycles. The normalized spacial score (nSPS) is 12.9.